The first-order valence-electron chi connectivity index (χ1n) is 5.75. The molecule has 8 nitrogen and oxygen atoms in total. The topological polar surface area (TPSA) is 114 Å². The van der Waals surface area contributed by atoms with Crippen LogP contribution in [-0.4, -0.2) is 36.0 Å². The van der Waals surface area contributed by atoms with Gasteiger partial charge in [-0.25, -0.2) is 14.5 Å². The SMILES string of the molecule is O=C(O)c1cn(Cc2nc3ccccc3c(=O)[nH]2)nn1. The van der Waals surface area contributed by atoms with E-state index in [9.17, 15) is 9.59 Å². The lowest BCUT2D eigenvalue weighted by atomic mass is 10.2. The number of rotatable bonds is 3. The minimum atomic E-state index is -1.16. The molecule has 2 aromatic heterocycles. The van der Waals surface area contributed by atoms with Gasteiger partial charge in [0.25, 0.3) is 5.56 Å². The summed E-state index contributed by atoms with van der Waals surface area (Å²) in [7, 11) is 0. The molecule has 0 bridgehead atoms. The summed E-state index contributed by atoms with van der Waals surface area (Å²) in [6.45, 7) is 0.139. The summed E-state index contributed by atoms with van der Waals surface area (Å²) in [4.78, 5) is 29.5. The molecule has 0 amide bonds. The molecule has 0 fully saturated rings. The van der Waals surface area contributed by atoms with E-state index in [1.165, 1.54) is 10.9 Å². The predicted octanol–water partition coefficient (Wildman–Crippen LogP) is 0.261. The van der Waals surface area contributed by atoms with Gasteiger partial charge in [-0.2, -0.15) is 0 Å². The lowest BCUT2D eigenvalue weighted by molar-refractivity contribution is 0.0690. The van der Waals surface area contributed by atoms with Crippen molar-refractivity contribution in [1.29, 1.82) is 0 Å². The summed E-state index contributed by atoms with van der Waals surface area (Å²) in [6, 6.07) is 6.97. The average molecular weight is 271 g/mol. The standard InChI is InChI=1S/C12H9N5O3/c18-11-7-3-1-2-4-8(7)13-10(14-11)6-17-5-9(12(19)20)15-16-17/h1-5H,6H2,(H,19,20)(H,13,14,18). The highest BCUT2D eigenvalue weighted by molar-refractivity contribution is 5.84. The Morgan fingerprint density at radius 3 is 2.90 bits per heavy atom. The molecule has 8 heteroatoms. The highest BCUT2D eigenvalue weighted by Crippen LogP contribution is 2.06. The maximum absolute atomic E-state index is 11.9. The fourth-order valence-corrected chi connectivity index (χ4v) is 1.84. The molecule has 0 atom stereocenters. The third kappa shape index (κ3) is 2.14. The van der Waals surface area contributed by atoms with Crippen LogP contribution in [-0.2, 0) is 6.54 Å². The van der Waals surface area contributed by atoms with Crippen LogP contribution in [0, 0.1) is 0 Å². The number of fused-ring (bicyclic) bond motifs is 1. The Hall–Kier alpha value is -3.03. The third-order valence-corrected chi connectivity index (χ3v) is 2.73. The van der Waals surface area contributed by atoms with Crippen molar-refractivity contribution in [2.45, 2.75) is 6.54 Å². The smallest absolute Gasteiger partial charge is 0.358 e. The van der Waals surface area contributed by atoms with Gasteiger partial charge >= 0.3 is 5.97 Å². The zero-order valence-electron chi connectivity index (χ0n) is 10.1. The molecule has 0 aliphatic rings. The number of hydrogen-bond acceptors (Lipinski definition) is 5. The van der Waals surface area contributed by atoms with Gasteiger partial charge in [0.2, 0.25) is 0 Å². The molecule has 20 heavy (non-hydrogen) atoms. The van der Waals surface area contributed by atoms with Crippen LogP contribution in [0.5, 0.6) is 0 Å². The van der Waals surface area contributed by atoms with Crippen molar-refractivity contribution in [3.05, 3.63) is 52.3 Å². The quantitative estimate of drug-likeness (QED) is 0.706. The largest absolute Gasteiger partial charge is 0.476 e. The highest BCUT2D eigenvalue weighted by Gasteiger charge is 2.10. The molecule has 2 N–H and O–H groups in total. The Balaban J connectivity index is 1.98. The Labute approximate surface area is 111 Å². The number of aromatic nitrogens is 5. The number of nitrogens with one attached hydrogen (secondary N) is 1. The highest BCUT2D eigenvalue weighted by atomic mass is 16.4. The Morgan fingerprint density at radius 1 is 1.35 bits per heavy atom. The summed E-state index contributed by atoms with van der Waals surface area (Å²) >= 11 is 0. The van der Waals surface area contributed by atoms with Crippen molar-refractivity contribution in [2.75, 3.05) is 0 Å². The normalized spacial score (nSPS) is 10.8. The van der Waals surface area contributed by atoms with Crippen LogP contribution in [0.15, 0.2) is 35.3 Å². The van der Waals surface area contributed by atoms with E-state index >= 15 is 0 Å². The molecule has 0 aliphatic heterocycles. The van der Waals surface area contributed by atoms with E-state index in [0.29, 0.717) is 16.7 Å². The molecule has 0 unspecified atom stereocenters. The second-order valence-electron chi connectivity index (χ2n) is 4.14. The zero-order valence-corrected chi connectivity index (χ0v) is 10.1. The minimum absolute atomic E-state index is 0.139. The van der Waals surface area contributed by atoms with Crippen molar-refractivity contribution >= 4 is 16.9 Å². The number of hydrogen-bond donors (Lipinski definition) is 2. The van der Waals surface area contributed by atoms with Gasteiger partial charge < -0.3 is 10.1 Å². The number of H-pyrrole nitrogens is 1. The van der Waals surface area contributed by atoms with E-state index in [4.69, 9.17) is 5.11 Å². The lowest BCUT2D eigenvalue weighted by Gasteiger charge is -2.02. The number of carbonyl (C=O) groups is 1. The van der Waals surface area contributed by atoms with Gasteiger partial charge in [-0.05, 0) is 12.1 Å². The summed E-state index contributed by atoms with van der Waals surface area (Å²) in [6.07, 6.45) is 1.28. The molecule has 100 valence electrons. The molecule has 0 spiro atoms. The number of carboxylic acids is 1. The van der Waals surface area contributed by atoms with Crippen LogP contribution in [0.2, 0.25) is 0 Å². The van der Waals surface area contributed by atoms with E-state index in [1.54, 1.807) is 24.3 Å². The minimum Gasteiger partial charge on any atom is -0.476 e. The molecular formula is C12H9N5O3. The van der Waals surface area contributed by atoms with Crippen LogP contribution < -0.4 is 5.56 Å². The zero-order chi connectivity index (χ0) is 14.1. The number of nitrogens with zero attached hydrogens (tertiary/aromatic N) is 4. The first-order chi connectivity index (χ1) is 9.63. The van der Waals surface area contributed by atoms with E-state index in [0.717, 1.165) is 0 Å². The molecule has 0 aliphatic carbocycles. The number of aromatic amines is 1. The summed E-state index contributed by atoms with van der Waals surface area (Å²) < 4.78 is 1.30. The molecule has 2 heterocycles. The summed E-state index contributed by atoms with van der Waals surface area (Å²) in [5, 5.41) is 16.4. The second-order valence-corrected chi connectivity index (χ2v) is 4.14. The Kier molecular flexibility index (Phi) is 2.75. The molecule has 3 rings (SSSR count). The van der Waals surface area contributed by atoms with Gasteiger partial charge in [-0.3, -0.25) is 4.79 Å². The molecule has 0 radical (unpaired) electrons. The number of aromatic carboxylic acids is 1. The van der Waals surface area contributed by atoms with E-state index in [1.807, 2.05) is 0 Å². The van der Waals surface area contributed by atoms with Gasteiger partial charge in [-0.1, -0.05) is 17.3 Å². The number of para-hydroxylation sites is 1. The molecule has 3 aromatic rings. The average Bonchev–Trinajstić information content (AvgIpc) is 2.87. The van der Waals surface area contributed by atoms with Crippen molar-refractivity contribution in [3.63, 3.8) is 0 Å². The first kappa shape index (κ1) is 12.0. The number of carboxylic acid groups (broad SMARTS) is 1. The van der Waals surface area contributed by atoms with Gasteiger partial charge in [0.05, 0.1) is 17.1 Å². The summed E-state index contributed by atoms with van der Waals surface area (Å²) in [5.41, 5.74) is 0.169. The van der Waals surface area contributed by atoms with Crippen LogP contribution in [0.25, 0.3) is 10.9 Å². The third-order valence-electron chi connectivity index (χ3n) is 2.73. The van der Waals surface area contributed by atoms with Crippen LogP contribution >= 0.6 is 0 Å². The van der Waals surface area contributed by atoms with Gasteiger partial charge in [0, 0.05) is 0 Å². The lowest BCUT2D eigenvalue weighted by Crippen LogP contribution is -2.14. The van der Waals surface area contributed by atoms with Crippen molar-refractivity contribution in [1.82, 2.24) is 25.0 Å². The first-order valence-corrected chi connectivity index (χ1v) is 5.75. The predicted molar refractivity (Wildman–Crippen MR) is 68.4 cm³/mol. The van der Waals surface area contributed by atoms with E-state index < -0.39 is 5.97 Å². The Bertz CT molecular complexity index is 851. The van der Waals surface area contributed by atoms with E-state index in [-0.39, 0.29) is 17.8 Å². The van der Waals surface area contributed by atoms with Crippen molar-refractivity contribution in [3.8, 4) is 0 Å². The maximum Gasteiger partial charge on any atom is 0.358 e. The van der Waals surface area contributed by atoms with Crippen LogP contribution in [0.1, 0.15) is 16.3 Å². The van der Waals surface area contributed by atoms with Gasteiger partial charge in [0.1, 0.15) is 12.4 Å². The molecule has 0 saturated carbocycles. The van der Waals surface area contributed by atoms with Crippen molar-refractivity contribution in [2.24, 2.45) is 0 Å². The summed E-state index contributed by atoms with van der Waals surface area (Å²) in [5.74, 6) is -0.772. The molecular weight excluding hydrogens is 262 g/mol. The van der Waals surface area contributed by atoms with Gasteiger partial charge in [-0.15, -0.1) is 5.10 Å². The molecule has 0 saturated heterocycles. The van der Waals surface area contributed by atoms with Crippen LogP contribution in [0.4, 0.5) is 0 Å². The van der Waals surface area contributed by atoms with Crippen molar-refractivity contribution < 1.29 is 9.90 Å². The number of benzene rings is 1. The Morgan fingerprint density at radius 2 is 2.15 bits per heavy atom. The monoisotopic (exact) mass is 271 g/mol. The van der Waals surface area contributed by atoms with Crippen LogP contribution in [0.3, 0.4) is 0 Å². The van der Waals surface area contributed by atoms with E-state index in [2.05, 4.69) is 20.3 Å². The fraction of sp³-hybridized carbons (Fsp3) is 0.0833. The van der Waals surface area contributed by atoms with Gasteiger partial charge in [0.15, 0.2) is 5.69 Å². The fourth-order valence-electron chi connectivity index (χ4n) is 1.84. The molecule has 1 aromatic carbocycles. The second kappa shape index (κ2) is 4.57. The maximum atomic E-state index is 11.9.